The Bertz CT molecular complexity index is 2030. The Morgan fingerprint density at radius 1 is 0.405 bits per heavy atom. The molecule has 2 aromatic heterocycles. The normalized spacial score (nSPS) is 12.6. The standard InChI is InChI=1S/C28H2N14/c29-3-13(4-30)21-24-20(12-38)26(28-41-17(9-35)2-18(10-36)42-28)22(14(5-31)6-32)23(24)19(11-37)25(21)27-39-15(7-33)1-16(8-34)40-27/h1-2H. The fourth-order valence-electron chi connectivity index (χ4n) is 4.29. The van der Waals surface area contributed by atoms with E-state index >= 15 is 0 Å². The van der Waals surface area contributed by atoms with Gasteiger partial charge in [-0.05, 0) is 0 Å². The molecular weight excluding hydrogens is 532 g/mol. The molecule has 2 aliphatic rings. The van der Waals surface area contributed by atoms with Crippen molar-refractivity contribution in [1.29, 1.82) is 52.6 Å². The van der Waals surface area contributed by atoms with Gasteiger partial charge in [0.25, 0.3) is 0 Å². The van der Waals surface area contributed by atoms with Crippen LogP contribution in [0.5, 0.6) is 0 Å². The molecule has 0 amide bonds. The van der Waals surface area contributed by atoms with Crippen LogP contribution in [0.2, 0.25) is 0 Å². The average molecular weight is 534 g/mol. The summed E-state index contributed by atoms with van der Waals surface area (Å²) in [7, 11) is 0. The van der Waals surface area contributed by atoms with Crippen LogP contribution in [0.1, 0.15) is 34.4 Å². The minimum atomic E-state index is -0.638. The lowest BCUT2D eigenvalue weighted by atomic mass is 9.89. The summed E-state index contributed by atoms with van der Waals surface area (Å²) in [4.78, 5) is 16.2. The quantitative estimate of drug-likeness (QED) is 0.498. The van der Waals surface area contributed by atoms with Crippen LogP contribution in [0.15, 0.2) is 56.7 Å². The van der Waals surface area contributed by atoms with Crippen LogP contribution in [0.4, 0.5) is 0 Å². The number of allylic oxidation sites excluding steroid dienone is 10. The largest absolute Gasteiger partial charge is 0.217 e. The second kappa shape index (κ2) is 10.6. The zero-order valence-electron chi connectivity index (χ0n) is 20.4. The lowest BCUT2D eigenvalue weighted by Gasteiger charge is -2.13. The minimum Gasteiger partial charge on any atom is -0.217 e. The third-order valence-corrected chi connectivity index (χ3v) is 5.78. The first-order chi connectivity index (χ1) is 20.4. The van der Waals surface area contributed by atoms with E-state index in [9.17, 15) is 52.6 Å². The highest BCUT2D eigenvalue weighted by Gasteiger charge is 2.45. The van der Waals surface area contributed by atoms with Crippen molar-refractivity contribution in [1.82, 2.24) is 19.9 Å². The maximum atomic E-state index is 10.3. The van der Waals surface area contributed by atoms with Gasteiger partial charge in [-0.2, -0.15) is 52.6 Å². The van der Waals surface area contributed by atoms with Gasteiger partial charge in [0, 0.05) is 45.6 Å². The molecule has 2 heterocycles. The van der Waals surface area contributed by atoms with Crippen LogP contribution in [0.25, 0.3) is 11.1 Å². The summed E-state index contributed by atoms with van der Waals surface area (Å²) >= 11 is 0. The Labute approximate surface area is 235 Å². The van der Waals surface area contributed by atoms with Gasteiger partial charge in [-0.15, -0.1) is 0 Å². The molecule has 0 spiro atoms. The van der Waals surface area contributed by atoms with Crippen LogP contribution < -0.4 is 0 Å². The molecule has 0 saturated heterocycles. The molecule has 0 atom stereocenters. The zero-order chi connectivity index (χ0) is 30.6. The number of aromatic nitrogens is 4. The first kappa shape index (κ1) is 26.8. The van der Waals surface area contributed by atoms with Gasteiger partial charge in [-0.3, -0.25) is 0 Å². The Morgan fingerprint density at radius 2 is 0.690 bits per heavy atom. The molecule has 0 bridgehead atoms. The van der Waals surface area contributed by atoms with Crippen LogP contribution >= 0.6 is 0 Å². The monoisotopic (exact) mass is 534 g/mol. The van der Waals surface area contributed by atoms with E-state index < -0.39 is 33.9 Å². The summed E-state index contributed by atoms with van der Waals surface area (Å²) in [5.74, 6) is -0.838. The van der Waals surface area contributed by atoms with Crippen molar-refractivity contribution in [2.75, 3.05) is 0 Å². The molecule has 0 N–H and O–H groups in total. The van der Waals surface area contributed by atoms with E-state index in [1.54, 1.807) is 48.6 Å². The highest BCUT2D eigenvalue weighted by molar-refractivity contribution is 6.10. The van der Waals surface area contributed by atoms with Crippen molar-refractivity contribution >= 4 is 11.1 Å². The van der Waals surface area contributed by atoms with Gasteiger partial charge < -0.3 is 0 Å². The fraction of sp³-hybridized carbons (Fsp3) is 0. The first-order valence-electron chi connectivity index (χ1n) is 10.9. The second-order valence-electron chi connectivity index (χ2n) is 7.79. The van der Waals surface area contributed by atoms with Gasteiger partial charge in [0.05, 0.1) is 11.1 Å². The van der Waals surface area contributed by atoms with Crippen LogP contribution in [0, 0.1) is 113 Å². The molecule has 0 saturated carbocycles. The highest BCUT2D eigenvalue weighted by Crippen LogP contribution is 2.56. The smallest absolute Gasteiger partial charge is 0.164 e. The summed E-state index contributed by atoms with van der Waals surface area (Å²) in [5.41, 5.74) is -5.06. The highest BCUT2D eigenvalue weighted by atomic mass is 14.9. The minimum absolute atomic E-state index is 0.246. The maximum absolute atomic E-state index is 10.3. The number of hydrogen-bond acceptors (Lipinski definition) is 14. The van der Waals surface area contributed by atoms with Gasteiger partial charge in [-0.1, -0.05) is 0 Å². The van der Waals surface area contributed by atoms with Gasteiger partial charge in [0.2, 0.25) is 0 Å². The molecule has 184 valence electrons. The zero-order valence-corrected chi connectivity index (χ0v) is 20.4. The summed E-state index contributed by atoms with van der Waals surface area (Å²) in [6.07, 6.45) is 0. The molecule has 0 aliphatic heterocycles. The van der Waals surface area contributed by atoms with Gasteiger partial charge in [0.1, 0.15) is 94.6 Å². The Balaban J connectivity index is 2.29. The summed E-state index contributed by atoms with van der Waals surface area (Å²) < 4.78 is 0. The van der Waals surface area contributed by atoms with E-state index in [4.69, 9.17) is 0 Å². The van der Waals surface area contributed by atoms with Crippen molar-refractivity contribution in [3.8, 4) is 60.7 Å². The molecule has 2 aliphatic carbocycles. The van der Waals surface area contributed by atoms with Gasteiger partial charge >= 0.3 is 0 Å². The Morgan fingerprint density at radius 3 is 0.905 bits per heavy atom. The lowest BCUT2D eigenvalue weighted by Crippen LogP contribution is -2.07. The second-order valence-corrected chi connectivity index (χ2v) is 7.79. The summed E-state index contributed by atoms with van der Waals surface area (Å²) in [6.45, 7) is 0. The molecule has 0 unspecified atom stereocenters. The average Bonchev–Trinajstić information content (AvgIpc) is 3.54. The molecule has 14 heteroatoms. The third kappa shape index (κ3) is 3.90. The molecular formula is C28H2N14. The Hall–Kier alpha value is -8.24. The van der Waals surface area contributed by atoms with Crippen LogP contribution in [-0.2, 0) is 0 Å². The number of rotatable bonds is 2. The molecule has 0 aromatic carbocycles. The number of nitrogens with zero attached hydrogens (tertiary/aromatic N) is 14. The SMILES string of the molecule is N#CC(C#N)=C1C2=C(C(C#N)=C1c1nc(C#N)cc(C#N)n1)C(=C(C#N)C#N)C(c1nc(C#N)cc(C#N)n1)=C2C#N. The fourth-order valence-corrected chi connectivity index (χ4v) is 4.29. The number of nitriles is 10. The molecule has 0 radical (unpaired) electrons. The molecule has 4 rings (SSSR count). The summed E-state index contributed by atoms with van der Waals surface area (Å²) in [5, 5.41) is 97.9. The van der Waals surface area contributed by atoms with E-state index in [1.165, 1.54) is 0 Å². The van der Waals surface area contributed by atoms with Crippen molar-refractivity contribution in [2.24, 2.45) is 0 Å². The summed E-state index contributed by atoms with van der Waals surface area (Å²) in [6, 6.07) is 19.5. The van der Waals surface area contributed by atoms with Crippen LogP contribution in [-0.4, -0.2) is 19.9 Å². The third-order valence-electron chi connectivity index (χ3n) is 5.78. The molecule has 0 fully saturated rings. The van der Waals surface area contributed by atoms with Crippen molar-refractivity contribution < 1.29 is 0 Å². The molecule has 14 nitrogen and oxygen atoms in total. The van der Waals surface area contributed by atoms with Gasteiger partial charge in [0.15, 0.2) is 11.6 Å². The topological polar surface area (TPSA) is 289 Å². The molecule has 2 aromatic rings. The molecule has 42 heavy (non-hydrogen) atoms. The van der Waals surface area contributed by atoms with E-state index in [1.807, 2.05) is 12.1 Å². The lowest BCUT2D eigenvalue weighted by molar-refractivity contribution is 1.07. The van der Waals surface area contributed by atoms with Crippen molar-refractivity contribution in [2.45, 2.75) is 0 Å². The van der Waals surface area contributed by atoms with Crippen molar-refractivity contribution in [3.05, 3.63) is 91.1 Å². The number of hydrogen-bond donors (Lipinski definition) is 0. The van der Waals surface area contributed by atoms with Crippen LogP contribution in [0.3, 0.4) is 0 Å². The predicted octanol–water partition coefficient (Wildman–Crippen LogP) is 2.02. The van der Waals surface area contributed by atoms with Gasteiger partial charge in [-0.25, -0.2) is 19.9 Å². The van der Waals surface area contributed by atoms with E-state index in [2.05, 4.69) is 19.9 Å². The van der Waals surface area contributed by atoms with Crippen molar-refractivity contribution in [3.63, 3.8) is 0 Å². The van der Waals surface area contributed by atoms with E-state index in [-0.39, 0.29) is 56.2 Å². The predicted molar refractivity (Wildman–Crippen MR) is 132 cm³/mol. The van der Waals surface area contributed by atoms with E-state index in [0.717, 1.165) is 12.1 Å². The van der Waals surface area contributed by atoms with E-state index in [0.29, 0.717) is 0 Å². The maximum Gasteiger partial charge on any atom is 0.164 e. The first-order valence-corrected chi connectivity index (χ1v) is 10.9. The Kier molecular flexibility index (Phi) is 6.78.